The van der Waals surface area contributed by atoms with E-state index in [0.29, 0.717) is 9.69 Å². The number of hydrogen-bond acceptors (Lipinski definition) is 8. The molecule has 14 heteroatoms. The van der Waals surface area contributed by atoms with Crippen molar-refractivity contribution >= 4 is 34.0 Å². The van der Waals surface area contributed by atoms with Gasteiger partial charge in [-0.1, -0.05) is 22.6 Å². The number of carboxylic acids is 2. The Kier molecular flexibility index (Phi) is 9.61. The normalized spacial score (nSPS) is 9.71. The molecule has 12 nitrogen and oxygen atoms in total. The number of rotatable bonds is 2. The average Bonchev–Trinajstić information content (AvgIpc) is 3.19. The second-order valence-electron chi connectivity index (χ2n) is 4.93. The summed E-state index contributed by atoms with van der Waals surface area (Å²) >= 11 is 0. The van der Waals surface area contributed by atoms with Crippen LogP contribution in [0.3, 0.4) is 0 Å². The van der Waals surface area contributed by atoms with Gasteiger partial charge in [-0.3, -0.25) is 0 Å². The first-order valence-corrected chi connectivity index (χ1v) is 6.96. The summed E-state index contributed by atoms with van der Waals surface area (Å²) < 4.78 is 0. The van der Waals surface area contributed by atoms with Crippen molar-refractivity contribution < 1.29 is 132 Å². The van der Waals surface area contributed by atoms with Gasteiger partial charge in [0.25, 0.3) is 11.0 Å². The molecule has 0 aliphatic carbocycles. The largest absolute Gasteiger partial charge is 1.00 e. The number of carbonyl (C=O) groups excluding carboxylic acids is 2. The number of para-hydroxylation sites is 2. The smallest absolute Gasteiger partial charge is 0.692 e. The van der Waals surface area contributed by atoms with Crippen LogP contribution >= 0.6 is 0 Å². The Morgan fingerprint density at radius 3 is 1.43 bits per heavy atom. The summed E-state index contributed by atoms with van der Waals surface area (Å²) in [4.78, 5) is 21.9. The zero-order valence-electron chi connectivity index (χ0n) is 14.7. The second-order valence-corrected chi connectivity index (χ2v) is 4.93. The van der Waals surface area contributed by atoms with Crippen molar-refractivity contribution in [2.75, 3.05) is 0 Å². The van der Waals surface area contributed by atoms with E-state index in [0.717, 1.165) is 0 Å². The SMILES string of the molecule is O=C([O-])c1cccc2c1n[nH][n+]2[O-].O=C([O-])c1cccc2c1n[nH][n+]2[O-].[K+].[K+]. The van der Waals surface area contributed by atoms with Gasteiger partial charge in [0, 0.05) is 10.2 Å². The standard InChI is InChI=1S/2C7H5N3O3.2K/c2*11-7(12)4-2-1-3-5-6(4)8-9-10(5)13;;/h2*1-3,9H,(H,11,12);;/q;;2*+1/p-2. The maximum Gasteiger partial charge on any atom is 1.00 e. The third-order valence-corrected chi connectivity index (χ3v) is 3.41. The quantitative estimate of drug-likeness (QED) is 0.176. The summed E-state index contributed by atoms with van der Waals surface area (Å²) in [6.45, 7) is 0. The molecule has 2 aromatic heterocycles. The Bertz CT molecular complexity index is 1050. The monoisotopic (exact) mass is 434 g/mol. The van der Waals surface area contributed by atoms with Crippen molar-refractivity contribution in [3.05, 3.63) is 57.9 Å². The molecule has 2 aromatic carbocycles. The maximum absolute atomic E-state index is 10.9. The molecule has 0 spiro atoms. The Labute approximate surface area is 240 Å². The first-order valence-electron chi connectivity index (χ1n) is 6.96. The minimum absolute atomic E-state index is 0. The summed E-state index contributed by atoms with van der Waals surface area (Å²) in [6.07, 6.45) is 0. The van der Waals surface area contributed by atoms with Crippen molar-refractivity contribution in [2.24, 2.45) is 0 Å². The molecule has 4 aromatic rings. The van der Waals surface area contributed by atoms with Crippen LogP contribution in [0.4, 0.5) is 0 Å². The number of benzene rings is 2. The summed E-state index contributed by atoms with van der Waals surface area (Å²) in [7, 11) is 0. The molecule has 2 N–H and O–H groups in total. The molecule has 2 heterocycles. The molecule has 0 aliphatic rings. The molecule has 0 amide bonds. The van der Waals surface area contributed by atoms with Crippen LogP contribution in [-0.2, 0) is 0 Å². The van der Waals surface area contributed by atoms with Crippen LogP contribution in [0.25, 0.3) is 22.1 Å². The molecule has 0 unspecified atom stereocenters. The molecule has 4 rings (SSSR count). The number of aromatic amines is 2. The van der Waals surface area contributed by atoms with Gasteiger partial charge in [-0.2, -0.15) is 9.69 Å². The van der Waals surface area contributed by atoms with Crippen molar-refractivity contribution in [1.29, 1.82) is 0 Å². The molecular weight excluding hydrogens is 426 g/mol. The van der Waals surface area contributed by atoms with Crippen LogP contribution in [-0.4, -0.2) is 32.6 Å². The Balaban J connectivity index is 0.000000261. The van der Waals surface area contributed by atoms with Gasteiger partial charge in [0.1, 0.15) is 0 Å². The van der Waals surface area contributed by atoms with Gasteiger partial charge >= 0.3 is 103 Å². The van der Waals surface area contributed by atoms with Gasteiger partial charge < -0.3 is 30.2 Å². The number of nitrogens with zero attached hydrogens (tertiary/aromatic N) is 4. The molecule has 0 aliphatic heterocycles. The zero-order valence-corrected chi connectivity index (χ0v) is 20.9. The second kappa shape index (κ2) is 10.7. The number of aromatic carboxylic acids is 2. The van der Waals surface area contributed by atoms with Gasteiger partial charge in [-0.15, -0.1) is 0 Å². The van der Waals surface area contributed by atoms with Gasteiger partial charge in [0.05, 0.1) is 23.1 Å². The average molecular weight is 434 g/mol. The molecule has 28 heavy (non-hydrogen) atoms. The summed E-state index contributed by atoms with van der Waals surface area (Å²) in [5.74, 6) is -2.70. The molecule has 0 atom stereocenters. The Morgan fingerprint density at radius 2 is 1.11 bits per heavy atom. The summed E-state index contributed by atoms with van der Waals surface area (Å²) in [6, 6.07) is 8.52. The first-order chi connectivity index (χ1) is 12.4. The van der Waals surface area contributed by atoms with E-state index in [1.807, 2.05) is 0 Å². The first kappa shape index (κ1) is 25.1. The van der Waals surface area contributed by atoms with Crippen molar-refractivity contribution in [1.82, 2.24) is 20.6 Å². The van der Waals surface area contributed by atoms with Crippen LogP contribution in [0.2, 0.25) is 0 Å². The Hall–Kier alpha value is -0.947. The van der Waals surface area contributed by atoms with Crippen LogP contribution in [0.1, 0.15) is 20.7 Å². The Morgan fingerprint density at radius 1 is 0.750 bits per heavy atom. The van der Waals surface area contributed by atoms with Gasteiger partial charge in [-0.05, 0) is 24.3 Å². The minimum atomic E-state index is -1.35. The number of nitrogens with one attached hydrogen (secondary N) is 2. The van der Waals surface area contributed by atoms with Gasteiger partial charge in [0.15, 0.2) is 0 Å². The summed E-state index contributed by atoms with van der Waals surface area (Å²) in [5, 5.41) is 54.2. The van der Waals surface area contributed by atoms with E-state index in [1.54, 1.807) is 0 Å². The van der Waals surface area contributed by atoms with Crippen LogP contribution in [0.5, 0.6) is 0 Å². The number of hydrogen-bond donors (Lipinski definition) is 2. The van der Waals surface area contributed by atoms with E-state index >= 15 is 0 Å². The number of aromatic nitrogens is 6. The van der Waals surface area contributed by atoms with Gasteiger partial charge in [0.2, 0.25) is 11.0 Å². The molecule has 0 bridgehead atoms. The van der Waals surface area contributed by atoms with E-state index in [-0.39, 0.29) is 136 Å². The third-order valence-electron chi connectivity index (χ3n) is 3.41. The zero-order chi connectivity index (χ0) is 18.8. The molecule has 0 fully saturated rings. The van der Waals surface area contributed by atoms with E-state index in [2.05, 4.69) is 20.6 Å². The number of carbonyl (C=O) groups is 2. The van der Waals surface area contributed by atoms with E-state index in [9.17, 15) is 30.2 Å². The van der Waals surface area contributed by atoms with Crippen LogP contribution in [0, 0.1) is 10.4 Å². The predicted molar refractivity (Wildman–Crippen MR) is 78.8 cm³/mol. The van der Waals surface area contributed by atoms with Crippen molar-refractivity contribution in [3.63, 3.8) is 0 Å². The van der Waals surface area contributed by atoms with E-state index in [1.165, 1.54) is 36.4 Å². The number of carboxylic acid groups (broad SMARTS) is 2. The molecule has 0 radical (unpaired) electrons. The fourth-order valence-electron chi connectivity index (χ4n) is 2.25. The van der Waals surface area contributed by atoms with Gasteiger partial charge in [-0.25, -0.2) is 0 Å². The van der Waals surface area contributed by atoms with E-state index < -0.39 is 11.9 Å². The third kappa shape index (κ3) is 5.15. The number of fused-ring (bicyclic) bond motifs is 2. The maximum atomic E-state index is 10.9. The predicted octanol–water partition coefficient (Wildman–Crippen LogP) is -8.87. The fraction of sp³-hybridized carbons (Fsp3) is 0. The topological polar surface area (TPSA) is 191 Å². The van der Waals surface area contributed by atoms with Crippen molar-refractivity contribution in [2.45, 2.75) is 0 Å². The molecule has 0 saturated carbocycles. The molecular formula is C14H8K2N6O6. The van der Waals surface area contributed by atoms with Crippen molar-refractivity contribution in [3.8, 4) is 0 Å². The van der Waals surface area contributed by atoms with Crippen LogP contribution in [0.15, 0.2) is 36.4 Å². The summed E-state index contributed by atoms with van der Waals surface area (Å²) in [5.41, 5.74) is 0.394. The molecule has 132 valence electrons. The van der Waals surface area contributed by atoms with E-state index in [4.69, 9.17) is 0 Å². The number of H-pyrrole nitrogens is 2. The minimum Gasteiger partial charge on any atom is -0.692 e. The molecule has 0 saturated heterocycles. The van der Waals surface area contributed by atoms with Crippen LogP contribution < -0.4 is 123 Å². The fourth-order valence-corrected chi connectivity index (χ4v) is 2.25.